The van der Waals surface area contributed by atoms with Crippen LogP contribution in [0.15, 0.2) is 53.4 Å². The summed E-state index contributed by atoms with van der Waals surface area (Å²) in [4.78, 5) is 11.3. The molecular weight excluding hydrogens is 361 g/mol. The number of para-hydroxylation sites is 1. The van der Waals surface area contributed by atoms with Crippen LogP contribution < -0.4 is 14.8 Å². The van der Waals surface area contributed by atoms with Crippen LogP contribution in [0.2, 0.25) is 0 Å². The molecule has 0 spiro atoms. The van der Waals surface area contributed by atoms with E-state index in [0.717, 1.165) is 24.3 Å². The van der Waals surface area contributed by atoms with Gasteiger partial charge in [0.2, 0.25) is 0 Å². The number of carbonyl (C=O) groups is 1. The van der Waals surface area contributed by atoms with Gasteiger partial charge in [-0.3, -0.25) is 9.52 Å². The summed E-state index contributed by atoms with van der Waals surface area (Å²) in [5, 5.41) is 2.36. The number of nitrogens with one attached hydrogen (secondary N) is 2. The van der Waals surface area contributed by atoms with Crippen molar-refractivity contribution >= 4 is 21.6 Å². The van der Waals surface area contributed by atoms with Gasteiger partial charge in [0.1, 0.15) is 5.75 Å². The first kappa shape index (κ1) is 18.6. The predicted molar refractivity (Wildman–Crippen MR) is 83.8 cm³/mol. The number of carbonyl (C=O) groups excluding carboxylic acids is 1. The Balaban J connectivity index is 2.35. The lowest BCUT2D eigenvalue weighted by atomic mass is 10.2. The van der Waals surface area contributed by atoms with Crippen LogP contribution in [0.5, 0.6) is 5.75 Å². The largest absolute Gasteiger partial charge is 0.573 e. The zero-order valence-electron chi connectivity index (χ0n) is 12.8. The van der Waals surface area contributed by atoms with Gasteiger partial charge in [-0.15, -0.1) is 13.2 Å². The maximum Gasteiger partial charge on any atom is 0.573 e. The molecule has 2 aromatic carbocycles. The van der Waals surface area contributed by atoms with Gasteiger partial charge in [-0.25, -0.2) is 8.42 Å². The highest BCUT2D eigenvalue weighted by molar-refractivity contribution is 7.92. The molecule has 0 aromatic heterocycles. The quantitative estimate of drug-likeness (QED) is 0.843. The van der Waals surface area contributed by atoms with Crippen molar-refractivity contribution in [3.8, 4) is 5.75 Å². The van der Waals surface area contributed by atoms with E-state index in [4.69, 9.17) is 0 Å². The molecule has 0 unspecified atom stereocenters. The Labute approximate surface area is 141 Å². The van der Waals surface area contributed by atoms with E-state index in [1.54, 1.807) is 6.07 Å². The highest BCUT2D eigenvalue weighted by atomic mass is 32.2. The third-order valence-corrected chi connectivity index (χ3v) is 4.36. The van der Waals surface area contributed by atoms with E-state index < -0.39 is 32.9 Å². The van der Waals surface area contributed by atoms with Gasteiger partial charge in [0.25, 0.3) is 15.9 Å². The Morgan fingerprint density at radius 3 is 2.40 bits per heavy atom. The Bertz CT molecular complexity index is 882. The van der Waals surface area contributed by atoms with Crippen molar-refractivity contribution in [1.82, 2.24) is 5.32 Å². The minimum absolute atomic E-state index is 0.0102. The van der Waals surface area contributed by atoms with E-state index in [9.17, 15) is 26.4 Å². The number of benzene rings is 2. The van der Waals surface area contributed by atoms with Gasteiger partial charge in [-0.1, -0.05) is 18.2 Å². The number of sulfonamides is 1. The molecule has 0 bridgehead atoms. The molecule has 2 aromatic rings. The van der Waals surface area contributed by atoms with Crippen molar-refractivity contribution < 1.29 is 31.1 Å². The summed E-state index contributed by atoms with van der Waals surface area (Å²) in [5.74, 6) is -1.19. The number of anilines is 1. The number of hydrogen-bond donors (Lipinski definition) is 2. The molecule has 6 nitrogen and oxygen atoms in total. The molecule has 0 aliphatic rings. The fourth-order valence-electron chi connectivity index (χ4n) is 1.95. The molecule has 0 saturated carbocycles. The average Bonchev–Trinajstić information content (AvgIpc) is 2.53. The lowest BCUT2D eigenvalue weighted by molar-refractivity contribution is -0.274. The Hall–Kier alpha value is -2.75. The van der Waals surface area contributed by atoms with E-state index in [2.05, 4.69) is 14.8 Å². The summed E-state index contributed by atoms with van der Waals surface area (Å²) < 4.78 is 67.5. The monoisotopic (exact) mass is 374 g/mol. The second kappa shape index (κ2) is 7.01. The predicted octanol–water partition coefficient (Wildman–Crippen LogP) is 2.75. The molecule has 0 radical (unpaired) electrons. The first-order chi connectivity index (χ1) is 11.6. The third-order valence-electron chi connectivity index (χ3n) is 2.99. The minimum atomic E-state index is -4.94. The van der Waals surface area contributed by atoms with Crippen molar-refractivity contribution in [2.45, 2.75) is 11.3 Å². The second-order valence-electron chi connectivity index (χ2n) is 4.75. The van der Waals surface area contributed by atoms with E-state index in [1.165, 1.54) is 25.2 Å². The molecular formula is C15H13F3N2O4S. The third kappa shape index (κ3) is 4.86. The number of rotatable bonds is 5. The van der Waals surface area contributed by atoms with Crippen molar-refractivity contribution in [2.75, 3.05) is 11.8 Å². The first-order valence-electron chi connectivity index (χ1n) is 6.82. The number of alkyl halides is 3. The summed E-state index contributed by atoms with van der Waals surface area (Å²) >= 11 is 0. The maximum atomic E-state index is 12.4. The standard InChI is InChI=1S/C15H13F3N2O4S/c1-19-14(21)12-7-2-3-8-13(12)20-25(22,23)11-6-4-5-10(9-11)24-15(16,17)18/h2-9,20H,1H3,(H,19,21). The topological polar surface area (TPSA) is 84.5 Å². The average molecular weight is 374 g/mol. The zero-order chi connectivity index (χ0) is 18.7. The second-order valence-corrected chi connectivity index (χ2v) is 6.44. The lowest BCUT2D eigenvalue weighted by Gasteiger charge is -2.13. The SMILES string of the molecule is CNC(=O)c1ccccc1NS(=O)(=O)c1cccc(OC(F)(F)F)c1. The fraction of sp³-hybridized carbons (Fsp3) is 0.133. The van der Waals surface area contributed by atoms with Crippen LogP contribution in [0, 0.1) is 0 Å². The van der Waals surface area contributed by atoms with Crippen molar-refractivity contribution in [1.29, 1.82) is 0 Å². The van der Waals surface area contributed by atoms with Crippen molar-refractivity contribution in [3.05, 3.63) is 54.1 Å². The van der Waals surface area contributed by atoms with E-state index in [1.807, 2.05) is 0 Å². The maximum absolute atomic E-state index is 12.4. The molecule has 10 heteroatoms. The molecule has 0 fully saturated rings. The van der Waals surface area contributed by atoms with Gasteiger partial charge >= 0.3 is 6.36 Å². The van der Waals surface area contributed by atoms with E-state index >= 15 is 0 Å². The highest BCUT2D eigenvalue weighted by Gasteiger charge is 2.31. The molecule has 0 heterocycles. The van der Waals surface area contributed by atoms with Crippen LogP contribution in [0.1, 0.15) is 10.4 Å². The summed E-state index contributed by atoms with van der Waals surface area (Å²) in [6.07, 6.45) is -4.94. The molecule has 2 N–H and O–H groups in total. The first-order valence-corrected chi connectivity index (χ1v) is 8.30. The fourth-order valence-corrected chi connectivity index (χ4v) is 3.06. The smallest absolute Gasteiger partial charge is 0.406 e. The van der Waals surface area contributed by atoms with Crippen molar-refractivity contribution in [2.24, 2.45) is 0 Å². The summed E-state index contributed by atoms with van der Waals surface area (Å²) in [6.45, 7) is 0. The van der Waals surface area contributed by atoms with Crippen LogP contribution in [-0.4, -0.2) is 27.7 Å². The van der Waals surface area contributed by atoms with E-state index in [-0.39, 0.29) is 11.3 Å². The van der Waals surface area contributed by atoms with Gasteiger partial charge in [-0.2, -0.15) is 0 Å². The number of amides is 1. The molecule has 0 atom stereocenters. The Kier molecular flexibility index (Phi) is 5.21. The zero-order valence-corrected chi connectivity index (χ0v) is 13.6. The molecule has 0 aliphatic heterocycles. The van der Waals surface area contributed by atoms with Gasteiger partial charge in [0, 0.05) is 13.1 Å². The molecule has 1 amide bonds. The molecule has 0 saturated heterocycles. The normalized spacial score (nSPS) is 11.7. The van der Waals surface area contributed by atoms with Gasteiger partial charge < -0.3 is 10.1 Å². The minimum Gasteiger partial charge on any atom is -0.406 e. The van der Waals surface area contributed by atoms with Crippen molar-refractivity contribution in [3.63, 3.8) is 0 Å². The van der Waals surface area contributed by atoms with Gasteiger partial charge in [0.15, 0.2) is 0 Å². The number of halogens is 3. The van der Waals surface area contributed by atoms with Crippen LogP contribution >= 0.6 is 0 Å². The Morgan fingerprint density at radius 2 is 1.76 bits per heavy atom. The number of hydrogen-bond acceptors (Lipinski definition) is 4. The van der Waals surface area contributed by atoms with E-state index in [0.29, 0.717) is 0 Å². The lowest BCUT2D eigenvalue weighted by Crippen LogP contribution is -2.22. The molecule has 0 aliphatic carbocycles. The highest BCUT2D eigenvalue weighted by Crippen LogP contribution is 2.26. The van der Waals surface area contributed by atoms with Crippen LogP contribution in [0.25, 0.3) is 0 Å². The van der Waals surface area contributed by atoms with Crippen LogP contribution in [0.3, 0.4) is 0 Å². The summed E-state index contributed by atoms with van der Waals surface area (Å²) in [6, 6.07) is 9.74. The molecule has 134 valence electrons. The molecule has 2 rings (SSSR count). The summed E-state index contributed by atoms with van der Waals surface area (Å²) in [7, 11) is -2.85. The van der Waals surface area contributed by atoms with Crippen LogP contribution in [0.4, 0.5) is 18.9 Å². The molecule has 25 heavy (non-hydrogen) atoms. The van der Waals surface area contributed by atoms with Gasteiger partial charge in [0.05, 0.1) is 16.1 Å². The van der Waals surface area contributed by atoms with Crippen LogP contribution in [-0.2, 0) is 10.0 Å². The van der Waals surface area contributed by atoms with Gasteiger partial charge in [-0.05, 0) is 24.3 Å². The summed E-state index contributed by atoms with van der Waals surface area (Å²) in [5.41, 5.74) is 0.0558. The Morgan fingerprint density at radius 1 is 1.08 bits per heavy atom. The number of ether oxygens (including phenoxy) is 1.